The Morgan fingerprint density at radius 1 is 1.15 bits per heavy atom. The van der Waals surface area contributed by atoms with E-state index in [9.17, 15) is 18.0 Å². The summed E-state index contributed by atoms with van der Waals surface area (Å²) < 4.78 is 23.6. The molecule has 1 N–H and O–H groups in total. The Bertz CT molecular complexity index is 973. The van der Waals surface area contributed by atoms with Crippen LogP contribution in [0.25, 0.3) is 0 Å². The van der Waals surface area contributed by atoms with Crippen LogP contribution in [0.5, 0.6) is 0 Å². The van der Waals surface area contributed by atoms with Crippen molar-refractivity contribution in [3.63, 3.8) is 0 Å². The van der Waals surface area contributed by atoms with Crippen molar-refractivity contribution in [2.24, 2.45) is 0 Å². The van der Waals surface area contributed by atoms with E-state index >= 15 is 0 Å². The predicted molar refractivity (Wildman–Crippen MR) is 106 cm³/mol. The maximum Gasteiger partial charge on any atom is 0.255 e. The summed E-state index contributed by atoms with van der Waals surface area (Å²) in [6.45, 7) is 4.28. The van der Waals surface area contributed by atoms with Gasteiger partial charge in [0.1, 0.15) is 0 Å². The molecular formula is C19H21ClN2O4S. The molecule has 0 aliphatic heterocycles. The number of hydrogen-bond donors (Lipinski definition) is 1. The smallest absolute Gasteiger partial charge is 0.255 e. The van der Waals surface area contributed by atoms with Crippen molar-refractivity contribution in [1.82, 2.24) is 4.90 Å². The average Bonchev–Trinajstić information content (AvgIpc) is 2.59. The van der Waals surface area contributed by atoms with Crippen molar-refractivity contribution in [2.45, 2.75) is 25.3 Å². The standard InChI is InChI=1S/C19H21ClN2O4S/c1-4-22(13(2)23)12-15-7-5-6-8-17(15)21-19(24)14-9-10-16(20)18(11-14)27(3,25)26/h5-11H,4,12H2,1-3H3,(H,21,24). The minimum Gasteiger partial charge on any atom is -0.339 e. The zero-order valence-electron chi connectivity index (χ0n) is 15.3. The summed E-state index contributed by atoms with van der Waals surface area (Å²) in [5.41, 5.74) is 1.51. The molecule has 0 atom stereocenters. The lowest BCUT2D eigenvalue weighted by Crippen LogP contribution is -2.28. The first-order valence-electron chi connectivity index (χ1n) is 8.28. The second-order valence-corrected chi connectivity index (χ2v) is 8.45. The van der Waals surface area contributed by atoms with Gasteiger partial charge in [0.15, 0.2) is 9.84 Å². The van der Waals surface area contributed by atoms with Gasteiger partial charge in [-0.15, -0.1) is 0 Å². The third-order valence-electron chi connectivity index (χ3n) is 4.05. The second-order valence-electron chi connectivity index (χ2n) is 6.06. The molecular weight excluding hydrogens is 388 g/mol. The van der Waals surface area contributed by atoms with E-state index in [0.29, 0.717) is 18.8 Å². The lowest BCUT2D eigenvalue weighted by atomic mass is 10.1. The highest BCUT2D eigenvalue weighted by Crippen LogP contribution is 2.24. The summed E-state index contributed by atoms with van der Waals surface area (Å²) in [6.07, 6.45) is 1.03. The molecule has 6 nitrogen and oxygen atoms in total. The zero-order valence-corrected chi connectivity index (χ0v) is 16.9. The van der Waals surface area contributed by atoms with Crippen LogP contribution in [0, 0.1) is 0 Å². The van der Waals surface area contributed by atoms with Gasteiger partial charge in [-0.1, -0.05) is 29.8 Å². The number of rotatable bonds is 6. The van der Waals surface area contributed by atoms with E-state index in [-0.39, 0.29) is 21.4 Å². The van der Waals surface area contributed by atoms with Crippen LogP contribution in [0.15, 0.2) is 47.4 Å². The zero-order chi connectivity index (χ0) is 20.2. The van der Waals surface area contributed by atoms with Gasteiger partial charge >= 0.3 is 0 Å². The number of carbonyl (C=O) groups excluding carboxylic acids is 2. The lowest BCUT2D eigenvalue weighted by Gasteiger charge is -2.21. The Morgan fingerprint density at radius 3 is 2.41 bits per heavy atom. The fraction of sp³-hybridized carbons (Fsp3) is 0.263. The predicted octanol–water partition coefficient (Wildman–Crippen LogP) is 3.36. The fourth-order valence-electron chi connectivity index (χ4n) is 2.55. The maximum absolute atomic E-state index is 12.6. The molecule has 144 valence electrons. The van der Waals surface area contributed by atoms with Gasteiger partial charge in [-0.05, 0) is 36.8 Å². The highest BCUT2D eigenvalue weighted by molar-refractivity contribution is 7.90. The van der Waals surface area contributed by atoms with Gasteiger partial charge in [0.2, 0.25) is 5.91 Å². The summed E-state index contributed by atoms with van der Waals surface area (Å²) in [4.78, 5) is 25.8. The monoisotopic (exact) mass is 408 g/mol. The molecule has 0 aliphatic carbocycles. The molecule has 0 bridgehead atoms. The molecule has 0 fully saturated rings. The molecule has 0 unspecified atom stereocenters. The number of amides is 2. The Hall–Kier alpha value is -2.38. The molecule has 0 radical (unpaired) electrons. The molecule has 8 heteroatoms. The number of para-hydroxylation sites is 1. The highest BCUT2D eigenvalue weighted by atomic mass is 35.5. The Labute approximate surface area is 164 Å². The molecule has 2 aromatic carbocycles. The molecule has 0 aliphatic rings. The van der Waals surface area contributed by atoms with Crippen LogP contribution in [-0.4, -0.2) is 37.9 Å². The van der Waals surface area contributed by atoms with Gasteiger partial charge in [0, 0.05) is 37.5 Å². The van der Waals surface area contributed by atoms with Crippen LogP contribution in [0.1, 0.15) is 29.8 Å². The minimum atomic E-state index is -3.56. The van der Waals surface area contributed by atoms with E-state index in [2.05, 4.69) is 5.32 Å². The topological polar surface area (TPSA) is 83.6 Å². The third-order valence-corrected chi connectivity index (χ3v) is 5.63. The largest absolute Gasteiger partial charge is 0.339 e. The number of hydrogen-bond acceptors (Lipinski definition) is 4. The first-order chi connectivity index (χ1) is 12.6. The average molecular weight is 409 g/mol. The molecule has 2 amide bonds. The van der Waals surface area contributed by atoms with E-state index in [1.807, 2.05) is 19.1 Å². The fourth-order valence-corrected chi connectivity index (χ4v) is 3.86. The van der Waals surface area contributed by atoms with Crippen molar-refractivity contribution in [2.75, 3.05) is 18.1 Å². The molecule has 0 spiro atoms. The van der Waals surface area contributed by atoms with Gasteiger partial charge in [0.05, 0.1) is 9.92 Å². The summed E-state index contributed by atoms with van der Waals surface area (Å²) in [5.74, 6) is -0.524. The molecule has 0 heterocycles. The number of anilines is 1. The van der Waals surface area contributed by atoms with Crippen LogP contribution < -0.4 is 5.32 Å². The minimum absolute atomic E-state index is 0.0610. The van der Waals surface area contributed by atoms with Crippen molar-refractivity contribution in [3.05, 3.63) is 58.6 Å². The summed E-state index contributed by atoms with van der Waals surface area (Å²) >= 11 is 5.93. The van der Waals surface area contributed by atoms with Crippen molar-refractivity contribution in [3.8, 4) is 0 Å². The van der Waals surface area contributed by atoms with Crippen LogP contribution >= 0.6 is 11.6 Å². The Kier molecular flexibility index (Phi) is 6.62. The second kappa shape index (κ2) is 8.54. The van der Waals surface area contributed by atoms with E-state index in [4.69, 9.17) is 11.6 Å². The maximum atomic E-state index is 12.6. The number of nitrogens with zero attached hydrogens (tertiary/aromatic N) is 1. The van der Waals surface area contributed by atoms with Gasteiger partial charge in [0.25, 0.3) is 5.91 Å². The molecule has 0 saturated heterocycles. The van der Waals surface area contributed by atoms with Crippen molar-refractivity contribution < 1.29 is 18.0 Å². The van der Waals surface area contributed by atoms with Crippen LogP contribution in [0.2, 0.25) is 5.02 Å². The summed E-state index contributed by atoms with van der Waals surface area (Å²) in [7, 11) is -3.56. The number of nitrogens with one attached hydrogen (secondary N) is 1. The molecule has 27 heavy (non-hydrogen) atoms. The first-order valence-corrected chi connectivity index (χ1v) is 10.5. The normalized spacial score (nSPS) is 11.1. The van der Waals surface area contributed by atoms with E-state index in [0.717, 1.165) is 11.8 Å². The number of sulfone groups is 1. The summed E-state index contributed by atoms with van der Waals surface area (Å²) in [6, 6.07) is 11.2. The van der Waals surface area contributed by atoms with Crippen molar-refractivity contribution in [1.29, 1.82) is 0 Å². The number of benzene rings is 2. The van der Waals surface area contributed by atoms with Gasteiger partial charge in [-0.3, -0.25) is 9.59 Å². The molecule has 0 saturated carbocycles. The molecule has 2 rings (SSSR count). The summed E-state index contributed by atoms with van der Waals surface area (Å²) in [5, 5.41) is 2.84. The van der Waals surface area contributed by atoms with Crippen LogP contribution in [0.4, 0.5) is 5.69 Å². The number of carbonyl (C=O) groups is 2. The van der Waals surface area contributed by atoms with Gasteiger partial charge in [-0.2, -0.15) is 0 Å². The van der Waals surface area contributed by atoms with E-state index in [1.165, 1.54) is 25.1 Å². The quantitative estimate of drug-likeness (QED) is 0.794. The SMILES string of the molecule is CCN(Cc1ccccc1NC(=O)c1ccc(Cl)c(S(C)(=O)=O)c1)C(C)=O. The molecule has 2 aromatic rings. The van der Waals surface area contributed by atoms with E-state index in [1.54, 1.807) is 17.0 Å². The van der Waals surface area contributed by atoms with Crippen LogP contribution in [-0.2, 0) is 21.2 Å². The first kappa shape index (κ1) is 20.9. The highest BCUT2D eigenvalue weighted by Gasteiger charge is 2.17. The van der Waals surface area contributed by atoms with Crippen LogP contribution in [0.3, 0.4) is 0 Å². The third kappa shape index (κ3) is 5.30. The Balaban J connectivity index is 2.31. The Morgan fingerprint density at radius 2 is 1.81 bits per heavy atom. The van der Waals surface area contributed by atoms with Gasteiger partial charge in [-0.25, -0.2) is 8.42 Å². The number of halogens is 1. The lowest BCUT2D eigenvalue weighted by molar-refractivity contribution is -0.129. The van der Waals surface area contributed by atoms with Crippen molar-refractivity contribution >= 4 is 38.9 Å². The molecule has 0 aromatic heterocycles. The van der Waals surface area contributed by atoms with E-state index < -0.39 is 15.7 Å². The van der Waals surface area contributed by atoms with Gasteiger partial charge < -0.3 is 10.2 Å².